The van der Waals surface area contributed by atoms with Gasteiger partial charge in [-0.25, -0.2) is 0 Å². The Morgan fingerprint density at radius 3 is 2.63 bits per heavy atom. The highest BCUT2D eigenvalue weighted by atomic mass is 35.5. The number of nitrogens with one attached hydrogen (secondary N) is 1. The number of nitrogens with zero attached hydrogens (tertiary/aromatic N) is 2. The normalized spacial score (nSPS) is 9.58. The van der Waals surface area contributed by atoms with Crippen molar-refractivity contribution in [3.8, 4) is 0 Å². The molecule has 0 saturated carbocycles. The van der Waals surface area contributed by atoms with E-state index in [0.29, 0.717) is 11.4 Å². The molecule has 0 spiro atoms. The summed E-state index contributed by atoms with van der Waals surface area (Å²) in [5.41, 5.74) is 1.13. The SMILES string of the molecule is C.C=Nc1ccccc1NC(=O)c1snc(Cl)c1Cl. The minimum atomic E-state index is -0.375. The number of rotatable bonds is 3. The van der Waals surface area contributed by atoms with Crippen LogP contribution in [-0.2, 0) is 0 Å². The summed E-state index contributed by atoms with van der Waals surface area (Å²) in [6, 6.07) is 7.05. The molecule has 0 aliphatic heterocycles. The highest BCUT2D eigenvalue weighted by molar-refractivity contribution is 7.09. The van der Waals surface area contributed by atoms with Crippen LogP contribution in [0.4, 0.5) is 11.4 Å². The van der Waals surface area contributed by atoms with Crippen LogP contribution in [-0.4, -0.2) is 17.0 Å². The number of benzene rings is 1. The minimum Gasteiger partial charge on any atom is -0.319 e. The number of carbonyl (C=O) groups is 1. The molecule has 0 radical (unpaired) electrons. The number of para-hydroxylation sites is 2. The van der Waals surface area contributed by atoms with Crippen LogP contribution < -0.4 is 5.32 Å². The van der Waals surface area contributed by atoms with Crippen LogP contribution in [0, 0.1) is 0 Å². The van der Waals surface area contributed by atoms with Gasteiger partial charge in [-0.05, 0) is 30.4 Å². The fourth-order valence-corrected chi connectivity index (χ4v) is 2.41. The third-order valence-electron chi connectivity index (χ3n) is 2.13. The Kier molecular flexibility index (Phi) is 5.47. The molecule has 4 nitrogen and oxygen atoms in total. The number of carbonyl (C=O) groups excluding carboxylic acids is 1. The summed E-state index contributed by atoms with van der Waals surface area (Å²) in [5.74, 6) is -0.375. The van der Waals surface area contributed by atoms with Crippen LogP contribution in [0.1, 0.15) is 17.1 Å². The number of anilines is 1. The van der Waals surface area contributed by atoms with Crippen LogP contribution in [0.5, 0.6) is 0 Å². The molecule has 1 N–H and O–H groups in total. The van der Waals surface area contributed by atoms with Crippen molar-refractivity contribution < 1.29 is 4.79 Å². The first-order valence-electron chi connectivity index (χ1n) is 4.81. The van der Waals surface area contributed by atoms with E-state index in [9.17, 15) is 4.79 Å². The van der Waals surface area contributed by atoms with Gasteiger partial charge < -0.3 is 5.32 Å². The first-order valence-corrected chi connectivity index (χ1v) is 6.34. The van der Waals surface area contributed by atoms with Gasteiger partial charge in [-0.3, -0.25) is 9.79 Å². The standard InChI is InChI=1S/C11H7Cl2N3OS.CH4/c1-14-6-4-2-3-5-7(6)15-11(17)9-8(12)10(13)16-18-9;/h2-5H,1H2,(H,15,17);1H4. The lowest BCUT2D eigenvalue weighted by Gasteiger charge is -2.06. The largest absolute Gasteiger partial charge is 0.319 e. The average molecular weight is 316 g/mol. The fraction of sp³-hybridized carbons (Fsp3) is 0.0833. The van der Waals surface area contributed by atoms with Gasteiger partial charge in [0.1, 0.15) is 9.90 Å². The van der Waals surface area contributed by atoms with E-state index in [2.05, 4.69) is 21.4 Å². The Bertz CT molecular complexity index is 613. The third kappa shape index (κ3) is 3.32. The minimum absolute atomic E-state index is 0. The van der Waals surface area contributed by atoms with E-state index in [1.165, 1.54) is 0 Å². The second-order valence-electron chi connectivity index (χ2n) is 3.25. The molecule has 0 bridgehead atoms. The van der Waals surface area contributed by atoms with Crippen LogP contribution >= 0.6 is 34.7 Å². The lowest BCUT2D eigenvalue weighted by atomic mass is 10.2. The molecule has 0 aliphatic carbocycles. The summed E-state index contributed by atoms with van der Waals surface area (Å²) < 4.78 is 3.80. The predicted molar refractivity (Wildman–Crippen MR) is 82.5 cm³/mol. The van der Waals surface area contributed by atoms with Gasteiger partial charge in [-0.2, -0.15) is 4.37 Å². The molecular weight excluding hydrogens is 305 g/mol. The zero-order valence-corrected chi connectivity index (χ0v) is 11.3. The van der Waals surface area contributed by atoms with Gasteiger partial charge in [0.05, 0.1) is 11.4 Å². The van der Waals surface area contributed by atoms with Gasteiger partial charge >= 0.3 is 0 Å². The van der Waals surface area contributed by atoms with Crippen molar-refractivity contribution >= 4 is 58.7 Å². The molecule has 19 heavy (non-hydrogen) atoms. The molecule has 1 amide bonds. The van der Waals surface area contributed by atoms with Crippen molar-refractivity contribution in [1.29, 1.82) is 0 Å². The maximum Gasteiger partial charge on any atom is 0.269 e. The number of halogens is 2. The molecule has 0 saturated heterocycles. The molecule has 0 atom stereocenters. The zero-order chi connectivity index (χ0) is 13.1. The number of aromatic nitrogens is 1. The smallest absolute Gasteiger partial charge is 0.269 e. The highest BCUT2D eigenvalue weighted by Crippen LogP contribution is 2.30. The molecule has 1 aromatic heterocycles. The molecule has 2 aromatic rings. The van der Waals surface area contributed by atoms with E-state index in [0.717, 1.165) is 11.5 Å². The Balaban J connectivity index is 0.00000180. The van der Waals surface area contributed by atoms with E-state index < -0.39 is 0 Å². The van der Waals surface area contributed by atoms with E-state index in [-0.39, 0.29) is 28.4 Å². The number of amides is 1. The van der Waals surface area contributed by atoms with E-state index in [1.807, 2.05) is 0 Å². The summed E-state index contributed by atoms with van der Waals surface area (Å²) in [4.78, 5) is 16.0. The maximum absolute atomic E-state index is 12.0. The van der Waals surface area contributed by atoms with Gasteiger partial charge in [0.2, 0.25) is 0 Å². The highest BCUT2D eigenvalue weighted by Gasteiger charge is 2.18. The molecule has 0 aliphatic rings. The van der Waals surface area contributed by atoms with Gasteiger partial charge in [-0.15, -0.1) is 0 Å². The van der Waals surface area contributed by atoms with Crippen molar-refractivity contribution in [3.63, 3.8) is 0 Å². The second kappa shape index (κ2) is 6.65. The van der Waals surface area contributed by atoms with Crippen molar-refractivity contribution in [2.45, 2.75) is 7.43 Å². The molecule has 7 heteroatoms. The van der Waals surface area contributed by atoms with E-state index in [1.54, 1.807) is 24.3 Å². The van der Waals surface area contributed by atoms with Crippen molar-refractivity contribution in [2.75, 3.05) is 5.32 Å². The van der Waals surface area contributed by atoms with Gasteiger partial charge in [0.15, 0.2) is 5.15 Å². The Labute approximate surface area is 125 Å². The molecular formula is C12H11Cl2N3OS. The Morgan fingerprint density at radius 1 is 1.37 bits per heavy atom. The van der Waals surface area contributed by atoms with Gasteiger partial charge in [-0.1, -0.05) is 42.8 Å². The number of aliphatic imine (C=N–C) groups is 1. The summed E-state index contributed by atoms with van der Waals surface area (Å²) >= 11 is 12.5. The van der Waals surface area contributed by atoms with Crippen molar-refractivity contribution in [3.05, 3.63) is 39.3 Å². The van der Waals surface area contributed by atoms with Crippen molar-refractivity contribution in [2.24, 2.45) is 4.99 Å². The zero-order valence-electron chi connectivity index (χ0n) is 8.98. The Hall–Kier alpha value is -1.43. The lowest BCUT2D eigenvalue weighted by Crippen LogP contribution is -2.10. The molecule has 2 rings (SSSR count). The summed E-state index contributed by atoms with van der Waals surface area (Å²) in [7, 11) is 0. The third-order valence-corrected chi connectivity index (χ3v) is 3.92. The quantitative estimate of drug-likeness (QED) is 0.837. The average Bonchev–Trinajstić information content (AvgIpc) is 2.71. The van der Waals surface area contributed by atoms with Crippen LogP contribution in [0.25, 0.3) is 0 Å². The number of hydrogen-bond donors (Lipinski definition) is 1. The summed E-state index contributed by atoms with van der Waals surface area (Å²) in [6.07, 6.45) is 0. The Morgan fingerprint density at radius 2 is 2.05 bits per heavy atom. The maximum atomic E-state index is 12.0. The summed E-state index contributed by atoms with van der Waals surface area (Å²) in [5, 5.41) is 2.97. The van der Waals surface area contributed by atoms with E-state index in [4.69, 9.17) is 23.2 Å². The van der Waals surface area contributed by atoms with E-state index >= 15 is 0 Å². The molecule has 100 valence electrons. The number of hydrogen-bond acceptors (Lipinski definition) is 4. The lowest BCUT2D eigenvalue weighted by molar-refractivity contribution is 0.103. The van der Waals surface area contributed by atoms with Crippen LogP contribution in [0.15, 0.2) is 29.3 Å². The second-order valence-corrected chi connectivity index (χ2v) is 4.76. The molecule has 0 fully saturated rings. The summed E-state index contributed by atoms with van der Waals surface area (Å²) in [6.45, 7) is 3.44. The fourth-order valence-electron chi connectivity index (χ4n) is 1.30. The van der Waals surface area contributed by atoms with Crippen molar-refractivity contribution in [1.82, 2.24) is 4.37 Å². The predicted octanol–water partition coefficient (Wildman–Crippen LogP) is 4.67. The van der Waals surface area contributed by atoms with Gasteiger partial charge in [0.25, 0.3) is 5.91 Å². The van der Waals surface area contributed by atoms with Crippen LogP contribution in [0.2, 0.25) is 10.2 Å². The monoisotopic (exact) mass is 315 g/mol. The topological polar surface area (TPSA) is 54.4 Å². The first-order chi connectivity index (χ1) is 8.63. The molecule has 1 aromatic carbocycles. The van der Waals surface area contributed by atoms with Gasteiger partial charge in [0, 0.05) is 0 Å². The first kappa shape index (κ1) is 15.6. The molecule has 0 unspecified atom stereocenters. The van der Waals surface area contributed by atoms with Crippen LogP contribution in [0.3, 0.4) is 0 Å². The molecule has 1 heterocycles.